The second-order valence-corrected chi connectivity index (χ2v) is 4.22. The summed E-state index contributed by atoms with van der Waals surface area (Å²) in [6.07, 6.45) is 1.91. The first-order chi connectivity index (χ1) is 8.31. The van der Waals surface area contributed by atoms with E-state index in [4.69, 9.17) is 13.0 Å². The first kappa shape index (κ1) is 17.6. The van der Waals surface area contributed by atoms with Crippen LogP contribution in [0.5, 0.6) is 0 Å². The maximum atomic E-state index is 8.54. The van der Waals surface area contributed by atoms with Crippen LogP contribution in [0, 0.1) is 11.3 Å². The van der Waals surface area contributed by atoms with Crippen molar-refractivity contribution in [2.45, 2.75) is 12.2 Å². The highest BCUT2D eigenvalue weighted by Crippen LogP contribution is 2.04. The van der Waals surface area contributed by atoms with Crippen LogP contribution in [0.2, 0.25) is 0 Å². The minimum atomic E-state index is 0.00395. The van der Waals surface area contributed by atoms with E-state index in [-0.39, 0.29) is 5.25 Å². The summed E-state index contributed by atoms with van der Waals surface area (Å²) in [7, 11) is 23.7. The molecule has 0 aliphatic rings. The first-order valence-electron chi connectivity index (χ1n) is 5.23. The second kappa shape index (κ2) is 14.7. The maximum absolute atomic E-state index is 8.54. The van der Waals surface area contributed by atoms with Crippen molar-refractivity contribution in [3.8, 4) is 6.07 Å². The van der Waals surface area contributed by atoms with Crippen LogP contribution in [0.4, 0.5) is 0 Å². The van der Waals surface area contributed by atoms with Gasteiger partial charge in [-0.2, -0.15) is 5.26 Å². The Labute approximate surface area is 120 Å². The SMILES string of the molecule is [B][B][B][B][B][B][B][B][B][B][B][B]SC(C)C#N. The molecule has 0 heterocycles. The summed E-state index contributed by atoms with van der Waals surface area (Å²) in [6, 6.07) is 2.15. The summed E-state index contributed by atoms with van der Waals surface area (Å²) < 4.78 is 0. The Kier molecular flexibility index (Phi) is 15.2. The van der Waals surface area contributed by atoms with Crippen molar-refractivity contribution in [3.05, 3.63) is 0 Å². The molecular formula is C3H4B12NS. The molecule has 14 heteroatoms. The van der Waals surface area contributed by atoms with Gasteiger partial charge in [-0.05, 0) is 6.92 Å². The van der Waals surface area contributed by atoms with Gasteiger partial charge in [0.25, 0.3) is 0 Å². The van der Waals surface area contributed by atoms with Crippen LogP contribution in [-0.2, 0) is 0 Å². The monoisotopic (exact) mass is 218 g/mol. The number of hydrogen-bond donors (Lipinski definition) is 0. The summed E-state index contributed by atoms with van der Waals surface area (Å²) in [5.74, 6) is 0. The molecule has 1 unspecified atom stereocenters. The molecule has 17 heavy (non-hydrogen) atoms. The standard InChI is InChI=1S/C3H4B12NS/c1-3(2-16)17-15-14-13-12-11-10-9-8-7-6-5-4/h3H,1H3. The molecule has 13 radical (unpaired) electrons. The zero-order valence-corrected chi connectivity index (χ0v) is 10.7. The fourth-order valence-corrected chi connectivity index (χ4v) is 1.23. The van der Waals surface area contributed by atoms with Gasteiger partial charge >= 0.3 is 0 Å². The third kappa shape index (κ3) is 14.6. The maximum Gasteiger partial charge on any atom is 0.136 e. The molecule has 0 amide bonds. The lowest BCUT2D eigenvalue weighted by molar-refractivity contribution is 1.25. The molecule has 0 aromatic carbocycles. The molecule has 0 rings (SSSR count). The van der Waals surface area contributed by atoms with E-state index in [0.717, 1.165) is 0 Å². The van der Waals surface area contributed by atoms with E-state index in [0.29, 0.717) is 0 Å². The van der Waals surface area contributed by atoms with Gasteiger partial charge < -0.3 is 0 Å². The predicted octanol–water partition coefficient (Wildman–Crippen LogP) is -3.47. The molecule has 0 N–H and O–H groups in total. The van der Waals surface area contributed by atoms with Crippen LogP contribution in [0.25, 0.3) is 0 Å². The molecule has 63 valence electrons. The Morgan fingerprint density at radius 1 is 0.941 bits per heavy atom. The molecule has 0 aromatic rings. The normalized spacial score (nSPS) is 9.65. The number of hydrogen-bond acceptors (Lipinski definition) is 2. The highest BCUT2D eigenvalue weighted by molar-refractivity contribution is 8.28. The molecule has 0 aromatic heterocycles. The van der Waals surface area contributed by atoms with E-state index in [1.807, 2.05) is 69.9 Å². The molecule has 0 bridgehead atoms. The molecule has 0 fully saturated rings. The average molecular weight is 216 g/mol. The quantitative estimate of drug-likeness (QED) is 0.250. The average Bonchev–Trinajstić information content (AvgIpc) is 2.35. The topological polar surface area (TPSA) is 23.8 Å². The van der Waals surface area contributed by atoms with Gasteiger partial charge in [0.2, 0.25) is 0 Å². The van der Waals surface area contributed by atoms with Gasteiger partial charge in [-0.25, -0.2) is 11.6 Å². The van der Waals surface area contributed by atoms with Crippen molar-refractivity contribution in [2.24, 2.45) is 0 Å². The summed E-state index contributed by atoms with van der Waals surface area (Å²) in [5.41, 5.74) is 0. The lowest BCUT2D eigenvalue weighted by Gasteiger charge is -2.00. The third-order valence-electron chi connectivity index (χ3n) is 1.54. The van der Waals surface area contributed by atoms with Crippen molar-refractivity contribution < 1.29 is 0 Å². The minimum absolute atomic E-state index is 0.00395. The summed E-state index contributed by atoms with van der Waals surface area (Å²) in [6.45, 7) is 1.87. The fourth-order valence-electron chi connectivity index (χ4n) is 0.752. The van der Waals surface area contributed by atoms with Crippen LogP contribution in [0.1, 0.15) is 6.92 Å². The second-order valence-electron chi connectivity index (χ2n) is 2.97. The Morgan fingerprint density at radius 2 is 1.41 bits per heavy atom. The third-order valence-corrected chi connectivity index (χ3v) is 2.37. The van der Waals surface area contributed by atoms with Crippen molar-refractivity contribution in [1.82, 2.24) is 0 Å². The Morgan fingerprint density at radius 3 is 1.88 bits per heavy atom. The van der Waals surface area contributed by atoms with Crippen LogP contribution in [0.3, 0.4) is 0 Å². The molecule has 1 nitrogen and oxygen atoms in total. The lowest BCUT2D eigenvalue weighted by Crippen LogP contribution is -2.33. The van der Waals surface area contributed by atoms with Gasteiger partial charge in [0.05, 0.1) is 11.3 Å². The number of nitrogens with zero attached hydrogens (tertiary/aromatic N) is 1. The summed E-state index contributed by atoms with van der Waals surface area (Å²) in [4.78, 5) is 0. The lowest BCUT2D eigenvalue weighted by atomic mass is 8.87. The highest BCUT2D eigenvalue weighted by atomic mass is 32.2. The molecule has 0 aliphatic heterocycles. The van der Waals surface area contributed by atoms with Crippen molar-refractivity contribution in [3.63, 3.8) is 0 Å². The number of rotatable bonds is 12. The van der Waals surface area contributed by atoms with Gasteiger partial charge in [-0.1, -0.05) is 0 Å². The fraction of sp³-hybridized carbons (Fsp3) is 0.667. The van der Waals surface area contributed by atoms with Gasteiger partial charge in [0.1, 0.15) is 6.45 Å². The van der Waals surface area contributed by atoms with E-state index in [1.165, 1.54) is 18.7 Å². The van der Waals surface area contributed by atoms with Crippen LogP contribution in [-0.4, -0.2) is 90.0 Å². The predicted molar refractivity (Wildman–Crippen MR) is 91.7 cm³/mol. The molecule has 1 atom stereocenters. The number of nitriles is 1. The zero-order valence-electron chi connectivity index (χ0n) is 9.86. The van der Waals surface area contributed by atoms with Crippen molar-refractivity contribution >= 4 is 96.4 Å². The van der Waals surface area contributed by atoms with Crippen LogP contribution >= 0.6 is 11.6 Å². The smallest absolute Gasteiger partial charge is 0.136 e. The molecule has 0 aliphatic carbocycles. The molecule has 0 spiro atoms. The van der Waals surface area contributed by atoms with E-state index in [2.05, 4.69) is 6.07 Å². The highest BCUT2D eigenvalue weighted by Gasteiger charge is 2.01. The summed E-state index contributed by atoms with van der Waals surface area (Å²) >= 11 is 1.50. The van der Waals surface area contributed by atoms with E-state index >= 15 is 0 Å². The molecule has 0 saturated carbocycles. The van der Waals surface area contributed by atoms with Crippen molar-refractivity contribution in [1.29, 1.82) is 5.26 Å². The zero-order chi connectivity index (χ0) is 12.8. The molecule has 0 saturated heterocycles. The van der Waals surface area contributed by atoms with E-state index < -0.39 is 0 Å². The Hall–Kier alpha value is 0.619. The molecular weight excluding hydrogens is 212 g/mol. The van der Waals surface area contributed by atoms with E-state index in [9.17, 15) is 0 Å². The van der Waals surface area contributed by atoms with Crippen molar-refractivity contribution in [2.75, 3.05) is 0 Å². The van der Waals surface area contributed by atoms with Gasteiger partial charge in [-0.3, -0.25) is 0 Å². The van der Waals surface area contributed by atoms with Gasteiger partial charge in [-0.15, -0.1) is 0 Å². The first-order valence-corrected chi connectivity index (χ1v) is 6.17. The van der Waals surface area contributed by atoms with Crippen LogP contribution in [0.15, 0.2) is 0 Å². The van der Waals surface area contributed by atoms with Gasteiger partial charge in [0.15, 0.2) is 0 Å². The largest absolute Gasteiger partial charge is 0.212 e. The van der Waals surface area contributed by atoms with Crippen LogP contribution < -0.4 is 0 Å². The Balaban J connectivity index is 2.97. The Bertz CT molecular complexity index is 197. The van der Waals surface area contributed by atoms with Gasteiger partial charge in [0, 0.05) is 78.3 Å². The van der Waals surface area contributed by atoms with E-state index in [1.54, 1.807) is 7.06 Å². The minimum Gasteiger partial charge on any atom is -0.212 e. The summed E-state index contributed by atoms with van der Waals surface area (Å²) in [5, 5.41) is 8.54.